The predicted octanol–water partition coefficient (Wildman–Crippen LogP) is 4.10. The van der Waals surface area contributed by atoms with Crippen LogP contribution in [0.3, 0.4) is 0 Å². The van der Waals surface area contributed by atoms with Gasteiger partial charge in [0.2, 0.25) is 5.88 Å². The molecule has 2 atom stereocenters. The molecule has 3 aromatic heterocycles. The van der Waals surface area contributed by atoms with Gasteiger partial charge in [-0.1, -0.05) is 12.1 Å². The zero-order chi connectivity index (χ0) is 20.6. The van der Waals surface area contributed by atoms with Gasteiger partial charge in [-0.25, -0.2) is 0 Å². The first-order valence-corrected chi connectivity index (χ1v) is 11.0. The minimum atomic E-state index is 0.138. The largest absolute Gasteiger partial charge is 0.471 e. The van der Waals surface area contributed by atoms with E-state index in [2.05, 4.69) is 55.4 Å². The number of piperidine rings is 3. The zero-order valence-corrected chi connectivity index (χ0v) is 17.3. The van der Waals surface area contributed by atoms with Crippen LogP contribution in [-0.2, 0) is 6.42 Å². The maximum absolute atomic E-state index is 6.48. The van der Waals surface area contributed by atoms with Gasteiger partial charge in [0, 0.05) is 41.1 Å². The first-order chi connectivity index (χ1) is 15.3. The van der Waals surface area contributed by atoms with E-state index in [0.717, 1.165) is 36.3 Å². The van der Waals surface area contributed by atoms with Gasteiger partial charge in [0.15, 0.2) is 0 Å². The summed E-state index contributed by atoms with van der Waals surface area (Å²) >= 11 is 0. The van der Waals surface area contributed by atoms with Crippen LogP contribution in [0.2, 0.25) is 0 Å². The molecule has 7 rings (SSSR count). The number of aromatic nitrogens is 4. The van der Waals surface area contributed by atoms with E-state index in [1.165, 1.54) is 23.8 Å². The molecule has 0 saturated carbocycles. The second-order valence-electron chi connectivity index (χ2n) is 8.63. The van der Waals surface area contributed by atoms with Crippen LogP contribution >= 0.6 is 0 Å². The quantitative estimate of drug-likeness (QED) is 0.535. The summed E-state index contributed by atoms with van der Waals surface area (Å²) in [5, 5.41) is 10.1. The van der Waals surface area contributed by atoms with Gasteiger partial charge in [0.1, 0.15) is 6.10 Å². The number of ether oxygens (including phenoxy) is 1. The van der Waals surface area contributed by atoms with Crippen molar-refractivity contribution in [2.45, 2.75) is 31.4 Å². The van der Waals surface area contributed by atoms with E-state index in [-0.39, 0.29) is 6.10 Å². The van der Waals surface area contributed by atoms with Crippen molar-refractivity contribution in [1.29, 1.82) is 0 Å². The summed E-state index contributed by atoms with van der Waals surface area (Å²) in [5.74, 6) is 1.19. The SMILES string of the molecule is c1cncc(C[C@@H]2[C@H](Oc3ccc(-c4ccc5[nH]ccc5c4)nn3)C3CCN2CC3)c1. The molecular weight excluding hydrogens is 386 g/mol. The van der Waals surface area contributed by atoms with Crippen molar-refractivity contribution >= 4 is 10.9 Å². The molecule has 4 aromatic rings. The number of hydrogen-bond donors (Lipinski definition) is 1. The van der Waals surface area contributed by atoms with Gasteiger partial charge in [-0.3, -0.25) is 9.88 Å². The van der Waals surface area contributed by atoms with Gasteiger partial charge in [-0.2, -0.15) is 0 Å². The summed E-state index contributed by atoms with van der Waals surface area (Å²) in [6.45, 7) is 2.31. The highest BCUT2D eigenvalue weighted by Gasteiger charge is 2.43. The van der Waals surface area contributed by atoms with E-state index in [1.807, 2.05) is 36.8 Å². The number of benzene rings is 1. The molecule has 0 radical (unpaired) electrons. The first-order valence-electron chi connectivity index (χ1n) is 11.0. The summed E-state index contributed by atoms with van der Waals surface area (Å²) < 4.78 is 6.48. The van der Waals surface area contributed by atoms with Gasteiger partial charge >= 0.3 is 0 Å². The van der Waals surface area contributed by atoms with Gasteiger partial charge in [0.05, 0.1) is 11.7 Å². The molecular formula is C25H25N5O. The van der Waals surface area contributed by atoms with Crippen LogP contribution in [0.25, 0.3) is 22.2 Å². The van der Waals surface area contributed by atoms with Crippen LogP contribution in [0.1, 0.15) is 18.4 Å². The fraction of sp³-hybridized carbons (Fsp3) is 0.320. The highest BCUT2D eigenvalue weighted by atomic mass is 16.5. The Hall–Kier alpha value is -3.25. The molecule has 1 aromatic carbocycles. The second kappa shape index (κ2) is 7.78. The summed E-state index contributed by atoms with van der Waals surface area (Å²) in [4.78, 5) is 10.1. The Morgan fingerprint density at radius 2 is 1.97 bits per heavy atom. The van der Waals surface area contributed by atoms with Gasteiger partial charge in [0.25, 0.3) is 0 Å². The summed E-state index contributed by atoms with van der Waals surface area (Å²) in [5.41, 5.74) is 4.30. The molecule has 6 heterocycles. The molecule has 3 fully saturated rings. The molecule has 3 aliphatic rings. The average Bonchev–Trinajstić information content (AvgIpc) is 3.30. The summed E-state index contributed by atoms with van der Waals surface area (Å²) in [6.07, 6.45) is 9.22. The molecule has 31 heavy (non-hydrogen) atoms. The van der Waals surface area contributed by atoms with E-state index in [9.17, 15) is 0 Å². The van der Waals surface area contributed by atoms with Gasteiger partial charge < -0.3 is 9.72 Å². The fourth-order valence-corrected chi connectivity index (χ4v) is 5.17. The highest BCUT2D eigenvalue weighted by molar-refractivity contribution is 5.84. The molecule has 0 aliphatic carbocycles. The van der Waals surface area contributed by atoms with Crippen LogP contribution in [0, 0.1) is 5.92 Å². The lowest BCUT2D eigenvalue weighted by atomic mass is 9.78. The van der Waals surface area contributed by atoms with E-state index in [1.54, 1.807) is 0 Å². The van der Waals surface area contributed by atoms with Gasteiger partial charge in [-0.05, 0) is 74.2 Å². The monoisotopic (exact) mass is 411 g/mol. The van der Waals surface area contributed by atoms with E-state index < -0.39 is 0 Å². The molecule has 3 aliphatic heterocycles. The van der Waals surface area contributed by atoms with E-state index >= 15 is 0 Å². The molecule has 0 amide bonds. The van der Waals surface area contributed by atoms with Crippen LogP contribution in [-0.4, -0.2) is 50.3 Å². The number of hydrogen-bond acceptors (Lipinski definition) is 5. The topological polar surface area (TPSA) is 66.9 Å². The number of nitrogens with zero attached hydrogens (tertiary/aromatic N) is 4. The predicted molar refractivity (Wildman–Crippen MR) is 120 cm³/mol. The fourth-order valence-electron chi connectivity index (χ4n) is 5.17. The third kappa shape index (κ3) is 3.57. The van der Waals surface area contributed by atoms with Crippen molar-refractivity contribution in [3.05, 3.63) is 72.7 Å². The standard InChI is InChI=1S/C25H25N5O/c1-2-17(16-26-10-1)14-23-25(18-8-12-30(23)13-9-18)31-24-6-5-22(28-29-24)19-3-4-21-20(15-19)7-11-27-21/h1-7,10-11,15-16,18,23,25,27H,8-9,12-14H2/t23-,25-/m1/s1. The molecule has 2 bridgehead atoms. The number of nitrogens with one attached hydrogen (secondary N) is 1. The molecule has 156 valence electrons. The lowest BCUT2D eigenvalue weighted by Crippen LogP contribution is -2.60. The molecule has 1 N–H and O–H groups in total. The number of fused-ring (bicyclic) bond motifs is 4. The Kier molecular flexibility index (Phi) is 4.65. The number of aromatic amines is 1. The third-order valence-corrected chi connectivity index (χ3v) is 6.80. The normalized spacial score (nSPS) is 25.0. The van der Waals surface area contributed by atoms with E-state index in [0.29, 0.717) is 17.8 Å². The van der Waals surface area contributed by atoms with Crippen LogP contribution < -0.4 is 4.74 Å². The van der Waals surface area contributed by atoms with Crippen molar-refractivity contribution in [3.8, 4) is 17.1 Å². The van der Waals surface area contributed by atoms with Crippen molar-refractivity contribution < 1.29 is 4.74 Å². The minimum Gasteiger partial charge on any atom is -0.471 e. The number of H-pyrrole nitrogens is 1. The maximum atomic E-state index is 6.48. The minimum absolute atomic E-state index is 0.138. The van der Waals surface area contributed by atoms with Crippen LogP contribution in [0.5, 0.6) is 5.88 Å². The Labute approximate surface area is 181 Å². The number of pyridine rings is 1. The summed E-state index contributed by atoms with van der Waals surface area (Å²) in [6, 6.07) is 16.8. The van der Waals surface area contributed by atoms with Crippen molar-refractivity contribution in [2.24, 2.45) is 5.92 Å². The molecule has 6 nitrogen and oxygen atoms in total. The van der Waals surface area contributed by atoms with Crippen LogP contribution in [0.4, 0.5) is 0 Å². The van der Waals surface area contributed by atoms with Crippen molar-refractivity contribution in [2.75, 3.05) is 13.1 Å². The molecule has 0 spiro atoms. The van der Waals surface area contributed by atoms with Crippen molar-refractivity contribution in [1.82, 2.24) is 25.1 Å². The lowest BCUT2D eigenvalue weighted by Gasteiger charge is -2.50. The lowest BCUT2D eigenvalue weighted by molar-refractivity contribution is -0.0599. The molecule has 6 heteroatoms. The Balaban J connectivity index is 1.22. The molecule has 3 saturated heterocycles. The smallest absolute Gasteiger partial charge is 0.233 e. The third-order valence-electron chi connectivity index (χ3n) is 6.80. The second-order valence-corrected chi connectivity index (χ2v) is 8.63. The highest BCUT2D eigenvalue weighted by Crippen LogP contribution is 2.36. The van der Waals surface area contributed by atoms with E-state index in [4.69, 9.17) is 4.74 Å². The Morgan fingerprint density at radius 3 is 2.77 bits per heavy atom. The number of rotatable bonds is 5. The van der Waals surface area contributed by atoms with Crippen LogP contribution in [0.15, 0.2) is 67.1 Å². The molecule has 0 unspecified atom stereocenters. The maximum Gasteiger partial charge on any atom is 0.233 e. The van der Waals surface area contributed by atoms with Gasteiger partial charge in [-0.15, -0.1) is 10.2 Å². The summed E-state index contributed by atoms with van der Waals surface area (Å²) in [7, 11) is 0. The zero-order valence-electron chi connectivity index (χ0n) is 17.3. The van der Waals surface area contributed by atoms with Crippen molar-refractivity contribution in [3.63, 3.8) is 0 Å². The Morgan fingerprint density at radius 1 is 1.03 bits per heavy atom. The Bertz CT molecular complexity index is 1170. The average molecular weight is 412 g/mol. The first kappa shape index (κ1) is 18.5.